The Kier molecular flexibility index (Phi) is 7.73. The van der Waals surface area contributed by atoms with Crippen LogP contribution in [0.1, 0.15) is 39.2 Å². The Bertz CT molecular complexity index is 407. The van der Waals surface area contributed by atoms with Crippen molar-refractivity contribution in [2.24, 2.45) is 0 Å². The molecule has 1 atom stereocenters. The van der Waals surface area contributed by atoms with Gasteiger partial charge in [0.1, 0.15) is 5.75 Å². The fraction of sp³-hybridized carbons (Fsp3) is 0.562. The Hall–Kier alpha value is -1.55. The summed E-state index contributed by atoms with van der Waals surface area (Å²) in [5.41, 5.74) is 1.07. The number of ether oxygens (including phenoxy) is 1. The standard InChI is InChI=1S/C16H26N2O2/c1-4-8-13(3)18-16(19)12-20-15-10-7-6-9-14(15)11-17-5-2/h6-7,9-10,13,17H,4-5,8,11-12H2,1-3H3,(H,18,19). The van der Waals surface area contributed by atoms with Crippen LogP contribution in [-0.2, 0) is 11.3 Å². The zero-order chi connectivity index (χ0) is 14.8. The van der Waals surface area contributed by atoms with Gasteiger partial charge in [-0.25, -0.2) is 0 Å². The zero-order valence-corrected chi connectivity index (χ0v) is 12.7. The molecule has 2 N–H and O–H groups in total. The van der Waals surface area contributed by atoms with E-state index in [1.165, 1.54) is 0 Å². The molecule has 0 fully saturated rings. The first kappa shape index (κ1) is 16.5. The number of hydrogen-bond donors (Lipinski definition) is 2. The second-order valence-electron chi connectivity index (χ2n) is 4.93. The second kappa shape index (κ2) is 9.37. The van der Waals surface area contributed by atoms with Crippen LogP contribution in [0.15, 0.2) is 24.3 Å². The minimum Gasteiger partial charge on any atom is -0.483 e. The van der Waals surface area contributed by atoms with Crippen LogP contribution in [0.4, 0.5) is 0 Å². The first-order chi connectivity index (χ1) is 9.67. The van der Waals surface area contributed by atoms with E-state index in [1.54, 1.807) is 0 Å². The molecule has 0 spiro atoms. The lowest BCUT2D eigenvalue weighted by atomic mass is 10.2. The van der Waals surface area contributed by atoms with E-state index in [1.807, 2.05) is 31.2 Å². The number of carbonyl (C=O) groups is 1. The monoisotopic (exact) mass is 278 g/mol. The van der Waals surface area contributed by atoms with Gasteiger partial charge in [0.2, 0.25) is 0 Å². The number of carbonyl (C=O) groups excluding carboxylic acids is 1. The van der Waals surface area contributed by atoms with Crippen molar-refractivity contribution in [2.75, 3.05) is 13.2 Å². The molecular weight excluding hydrogens is 252 g/mol. The quantitative estimate of drug-likeness (QED) is 0.729. The molecule has 1 aromatic carbocycles. The highest BCUT2D eigenvalue weighted by Crippen LogP contribution is 2.17. The topological polar surface area (TPSA) is 50.4 Å². The van der Waals surface area contributed by atoms with Crippen LogP contribution in [-0.4, -0.2) is 25.1 Å². The van der Waals surface area contributed by atoms with Gasteiger partial charge in [-0.2, -0.15) is 0 Å². The fourth-order valence-electron chi connectivity index (χ4n) is 2.02. The van der Waals surface area contributed by atoms with Crippen LogP contribution in [0, 0.1) is 0 Å². The zero-order valence-electron chi connectivity index (χ0n) is 12.7. The number of benzene rings is 1. The molecule has 1 amide bonds. The van der Waals surface area contributed by atoms with E-state index in [0.717, 1.165) is 37.2 Å². The van der Waals surface area contributed by atoms with E-state index in [0.29, 0.717) is 0 Å². The van der Waals surface area contributed by atoms with Gasteiger partial charge in [-0.1, -0.05) is 38.5 Å². The molecule has 20 heavy (non-hydrogen) atoms. The summed E-state index contributed by atoms with van der Waals surface area (Å²) >= 11 is 0. The van der Waals surface area contributed by atoms with Crippen molar-refractivity contribution in [3.63, 3.8) is 0 Å². The van der Waals surface area contributed by atoms with Crippen LogP contribution < -0.4 is 15.4 Å². The first-order valence-electron chi connectivity index (χ1n) is 7.38. The molecule has 4 heteroatoms. The van der Waals surface area contributed by atoms with Crippen molar-refractivity contribution < 1.29 is 9.53 Å². The van der Waals surface area contributed by atoms with E-state index in [4.69, 9.17) is 4.74 Å². The third-order valence-electron chi connectivity index (χ3n) is 3.03. The SMILES string of the molecule is CCCC(C)NC(=O)COc1ccccc1CNCC. The highest BCUT2D eigenvalue weighted by molar-refractivity contribution is 5.77. The average molecular weight is 278 g/mol. The van der Waals surface area contributed by atoms with Crippen molar-refractivity contribution in [3.8, 4) is 5.75 Å². The molecule has 0 saturated heterocycles. The third kappa shape index (κ3) is 6.06. The van der Waals surface area contributed by atoms with Gasteiger partial charge < -0.3 is 15.4 Å². The Labute approximate surface area is 121 Å². The lowest BCUT2D eigenvalue weighted by Gasteiger charge is -2.14. The lowest BCUT2D eigenvalue weighted by molar-refractivity contribution is -0.123. The Morgan fingerprint density at radius 3 is 2.75 bits per heavy atom. The molecule has 0 aliphatic heterocycles. The van der Waals surface area contributed by atoms with Gasteiger partial charge in [0.25, 0.3) is 5.91 Å². The van der Waals surface area contributed by atoms with E-state index in [9.17, 15) is 4.79 Å². The maximum atomic E-state index is 11.8. The van der Waals surface area contributed by atoms with Crippen LogP contribution in [0.3, 0.4) is 0 Å². The first-order valence-corrected chi connectivity index (χ1v) is 7.38. The highest BCUT2D eigenvalue weighted by atomic mass is 16.5. The van der Waals surface area contributed by atoms with E-state index in [-0.39, 0.29) is 18.6 Å². The molecule has 112 valence electrons. The molecule has 1 unspecified atom stereocenters. The molecule has 0 bridgehead atoms. The number of para-hydroxylation sites is 1. The maximum absolute atomic E-state index is 11.8. The average Bonchev–Trinajstić information content (AvgIpc) is 2.44. The maximum Gasteiger partial charge on any atom is 0.258 e. The van der Waals surface area contributed by atoms with E-state index < -0.39 is 0 Å². The van der Waals surface area contributed by atoms with Gasteiger partial charge in [-0.3, -0.25) is 4.79 Å². The Balaban J connectivity index is 2.46. The molecule has 1 aromatic rings. The van der Waals surface area contributed by atoms with Crippen molar-refractivity contribution in [3.05, 3.63) is 29.8 Å². The lowest BCUT2D eigenvalue weighted by Crippen LogP contribution is -2.36. The van der Waals surface area contributed by atoms with Crippen LogP contribution in [0.25, 0.3) is 0 Å². The summed E-state index contributed by atoms with van der Waals surface area (Å²) in [6.07, 6.45) is 2.05. The molecule has 0 radical (unpaired) electrons. The van der Waals surface area contributed by atoms with Crippen LogP contribution >= 0.6 is 0 Å². The van der Waals surface area contributed by atoms with Crippen molar-refractivity contribution >= 4 is 5.91 Å². The highest BCUT2D eigenvalue weighted by Gasteiger charge is 2.08. The summed E-state index contributed by atoms with van der Waals surface area (Å²) in [5.74, 6) is 0.705. The summed E-state index contributed by atoms with van der Waals surface area (Å²) in [7, 11) is 0. The largest absolute Gasteiger partial charge is 0.483 e. The van der Waals surface area contributed by atoms with Crippen molar-refractivity contribution in [1.82, 2.24) is 10.6 Å². The molecule has 0 heterocycles. The number of hydrogen-bond acceptors (Lipinski definition) is 3. The molecule has 4 nitrogen and oxygen atoms in total. The van der Waals surface area contributed by atoms with E-state index >= 15 is 0 Å². The van der Waals surface area contributed by atoms with Gasteiger partial charge in [0, 0.05) is 18.2 Å². The van der Waals surface area contributed by atoms with Crippen molar-refractivity contribution in [2.45, 2.75) is 46.2 Å². The van der Waals surface area contributed by atoms with Crippen LogP contribution in [0.2, 0.25) is 0 Å². The van der Waals surface area contributed by atoms with Crippen molar-refractivity contribution in [1.29, 1.82) is 0 Å². The smallest absolute Gasteiger partial charge is 0.258 e. The normalized spacial score (nSPS) is 11.9. The summed E-state index contributed by atoms with van der Waals surface area (Å²) in [4.78, 5) is 11.8. The number of nitrogens with one attached hydrogen (secondary N) is 2. The summed E-state index contributed by atoms with van der Waals surface area (Å²) in [6.45, 7) is 7.91. The van der Waals surface area contributed by atoms with Crippen LogP contribution in [0.5, 0.6) is 5.75 Å². The van der Waals surface area contributed by atoms with E-state index in [2.05, 4.69) is 24.5 Å². The second-order valence-corrected chi connectivity index (χ2v) is 4.93. The molecule has 0 aliphatic rings. The predicted octanol–water partition coefficient (Wildman–Crippen LogP) is 2.48. The van der Waals surface area contributed by atoms with Gasteiger partial charge in [0.05, 0.1) is 0 Å². The molecule has 1 rings (SSSR count). The number of amides is 1. The summed E-state index contributed by atoms with van der Waals surface area (Å²) in [5, 5.41) is 6.20. The molecule has 0 aliphatic carbocycles. The number of rotatable bonds is 9. The minimum absolute atomic E-state index is 0.0656. The summed E-state index contributed by atoms with van der Waals surface area (Å²) < 4.78 is 5.62. The minimum atomic E-state index is -0.0656. The van der Waals surface area contributed by atoms with Gasteiger partial charge in [-0.15, -0.1) is 0 Å². The molecular formula is C16H26N2O2. The Morgan fingerprint density at radius 1 is 1.30 bits per heavy atom. The summed E-state index contributed by atoms with van der Waals surface area (Å²) in [6, 6.07) is 8.00. The predicted molar refractivity (Wildman–Crippen MR) is 81.8 cm³/mol. The molecule has 0 saturated carbocycles. The fourth-order valence-corrected chi connectivity index (χ4v) is 2.02. The van der Waals surface area contributed by atoms with Gasteiger partial charge in [-0.05, 0) is 26.0 Å². The molecule has 0 aromatic heterocycles. The van der Waals surface area contributed by atoms with Gasteiger partial charge in [0.15, 0.2) is 6.61 Å². The third-order valence-corrected chi connectivity index (χ3v) is 3.03. The Morgan fingerprint density at radius 2 is 2.05 bits per heavy atom. The van der Waals surface area contributed by atoms with Gasteiger partial charge >= 0.3 is 0 Å².